The summed E-state index contributed by atoms with van der Waals surface area (Å²) in [5.41, 5.74) is 1.06. The Morgan fingerprint density at radius 2 is 2.22 bits per heavy atom. The van der Waals surface area contributed by atoms with E-state index in [1.165, 1.54) is 6.07 Å². The molecule has 98 valence electrons. The molecule has 1 aromatic carbocycles. The van der Waals surface area contributed by atoms with Crippen LogP contribution in [0.5, 0.6) is 0 Å². The molecule has 0 aliphatic carbocycles. The highest BCUT2D eigenvalue weighted by atomic mass is 19.1. The maximum absolute atomic E-state index is 13.6. The van der Waals surface area contributed by atoms with Gasteiger partial charge in [-0.05, 0) is 38.3 Å². The van der Waals surface area contributed by atoms with Crippen LogP contribution in [0.25, 0.3) is 0 Å². The van der Waals surface area contributed by atoms with Gasteiger partial charge >= 0.3 is 0 Å². The van der Waals surface area contributed by atoms with Crippen molar-refractivity contribution in [3.63, 3.8) is 0 Å². The predicted molar refractivity (Wildman–Crippen MR) is 70.0 cm³/mol. The van der Waals surface area contributed by atoms with Crippen molar-refractivity contribution < 1.29 is 9.18 Å². The smallest absolute Gasteiger partial charge is 0.228 e. The number of amides is 1. The molecule has 2 unspecified atom stereocenters. The van der Waals surface area contributed by atoms with Crippen LogP contribution in [0.1, 0.15) is 25.3 Å². The molecule has 0 bridgehead atoms. The van der Waals surface area contributed by atoms with Crippen LogP contribution in [0.15, 0.2) is 18.2 Å². The van der Waals surface area contributed by atoms with Crippen molar-refractivity contribution in [2.75, 3.05) is 11.9 Å². The zero-order valence-corrected chi connectivity index (χ0v) is 10.8. The maximum Gasteiger partial charge on any atom is 0.228 e. The lowest BCUT2D eigenvalue weighted by molar-refractivity contribution is -0.120. The molecule has 1 heterocycles. The van der Waals surface area contributed by atoms with Gasteiger partial charge in [-0.2, -0.15) is 0 Å². The number of para-hydroxylation sites is 1. The fraction of sp³-hybridized carbons (Fsp3) is 0.500. The second kappa shape index (κ2) is 5.48. The molecular formula is C14H19FN2O. The van der Waals surface area contributed by atoms with Gasteiger partial charge in [0.25, 0.3) is 0 Å². The fourth-order valence-electron chi connectivity index (χ4n) is 2.24. The number of nitrogens with one attached hydrogen (secondary N) is 2. The summed E-state index contributed by atoms with van der Waals surface area (Å²) in [6.07, 6.45) is 1.84. The molecule has 2 atom stereocenters. The predicted octanol–water partition coefficient (Wildman–Crippen LogP) is 2.46. The fourth-order valence-corrected chi connectivity index (χ4v) is 2.24. The first kappa shape index (κ1) is 13.0. The monoisotopic (exact) mass is 250 g/mol. The Morgan fingerprint density at radius 1 is 1.44 bits per heavy atom. The Bertz CT molecular complexity index is 419. The van der Waals surface area contributed by atoms with Gasteiger partial charge < -0.3 is 10.6 Å². The van der Waals surface area contributed by atoms with E-state index in [4.69, 9.17) is 0 Å². The maximum atomic E-state index is 13.6. The van der Waals surface area contributed by atoms with Crippen LogP contribution in [0, 0.1) is 18.7 Å². The van der Waals surface area contributed by atoms with E-state index in [2.05, 4.69) is 17.6 Å². The molecule has 0 aromatic heterocycles. The molecule has 1 saturated heterocycles. The first-order valence-electron chi connectivity index (χ1n) is 6.37. The Labute approximate surface area is 107 Å². The molecule has 1 amide bonds. The van der Waals surface area contributed by atoms with Crippen LogP contribution < -0.4 is 10.6 Å². The van der Waals surface area contributed by atoms with Crippen LogP contribution in [-0.2, 0) is 4.79 Å². The molecule has 2 N–H and O–H groups in total. The van der Waals surface area contributed by atoms with Crippen LogP contribution >= 0.6 is 0 Å². The number of hydrogen-bond donors (Lipinski definition) is 2. The number of carbonyl (C=O) groups excluding carboxylic acids is 1. The van der Waals surface area contributed by atoms with Crippen molar-refractivity contribution >= 4 is 11.6 Å². The number of anilines is 1. The van der Waals surface area contributed by atoms with Gasteiger partial charge in [-0.1, -0.05) is 12.1 Å². The van der Waals surface area contributed by atoms with E-state index in [0.29, 0.717) is 18.3 Å². The summed E-state index contributed by atoms with van der Waals surface area (Å²) in [6.45, 7) is 4.57. The Kier molecular flexibility index (Phi) is 3.97. The zero-order chi connectivity index (χ0) is 13.1. The summed E-state index contributed by atoms with van der Waals surface area (Å²) >= 11 is 0. The highest BCUT2D eigenvalue weighted by molar-refractivity contribution is 5.93. The molecule has 1 fully saturated rings. The molecule has 1 aliphatic rings. The van der Waals surface area contributed by atoms with Crippen molar-refractivity contribution in [1.29, 1.82) is 0 Å². The minimum Gasteiger partial charge on any atom is -0.323 e. The first-order chi connectivity index (χ1) is 8.58. The van der Waals surface area contributed by atoms with Crippen molar-refractivity contribution in [1.82, 2.24) is 5.32 Å². The average Bonchev–Trinajstić information content (AvgIpc) is 2.34. The van der Waals surface area contributed by atoms with Gasteiger partial charge in [-0.25, -0.2) is 4.39 Å². The van der Waals surface area contributed by atoms with E-state index in [1.807, 2.05) is 0 Å². The van der Waals surface area contributed by atoms with E-state index in [0.717, 1.165) is 18.4 Å². The van der Waals surface area contributed by atoms with E-state index >= 15 is 0 Å². The number of benzene rings is 1. The summed E-state index contributed by atoms with van der Waals surface area (Å²) in [5.74, 6) is -0.539. The SMILES string of the molecule is Cc1cccc(F)c1NC(=O)C1CCC(C)NC1. The summed E-state index contributed by atoms with van der Waals surface area (Å²) in [6, 6.07) is 5.26. The van der Waals surface area contributed by atoms with E-state index in [1.54, 1.807) is 19.1 Å². The number of rotatable bonds is 2. The third-order valence-electron chi connectivity index (χ3n) is 3.50. The summed E-state index contributed by atoms with van der Waals surface area (Å²) in [7, 11) is 0. The number of hydrogen-bond acceptors (Lipinski definition) is 2. The highest BCUT2D eigenvalue weighted by Gasteiger charge is 2.24. The largest absolute Gasteiger partial charge is 0.323 e. The minimum atomic E-state index is -0.375. The molecule has 3 nitrogen and oxygen atoms in total. The molecule has 18 heavy (non-hydrogen) atoms. The normalized spacial score (nSPS) is 23.7. The molecule has 2 rings (SSSR count). The van der Waals surface area contributed by atoms with Gasteiger partial charge in [0.05, 0.1) is 11.6 Å². The average molecular weight is 250 g/mol. The Balaban J connectivity index is 2.03. The van der Waals surface area contributed by atoms with Crippen molar-refractivity contribution in [2.45, 2.75) is 32.7 Å². The van der Waals surface area contributed by atoms with E-state index in [-0.39, 0.29) is 17.6 Å². The van der Waals surface area contributed by atoms with Crippen molar-refractivity contribution in [3.8, 4) is 0 Å². The third-order valence-corrected chi connectivity index (χ3v) is 3.50. The number of halogens is 1. The number of carbonyl (C=O) groups is 1. The van der Waals surface area contributed by atoms with Crippen LogP contribution in [0.2, 0.25) is 0 Å². The molecule has 0 radical (unpaired) electrons. The summed E-state index contributed by atoms with van der Waals surface area (Å²) in [4.78, 5) is 12.1. The van der Waals surface area contributed by atoms with Crippen LogP contribution in [0.3, 0.4) is 0 Å². The summed E-state index contributed by atoms with van der Waals surface area (Å²) < 4.78 is 13.6. The van der Waals surface area contributed by atoms with Gasteiger partial charge in [0.1, 0.15) is 5.82 Å². The molecule has 0 saturated carbocycles. The molecular weight excluding hydrogens is 231 g/mol. The van der Waals surface area contributed by atoms with Crippen LogP contribution in [0.4, 0.5) is 10.1 Å². The third kappa shape index (κ3) is 2.88. The molecule has 0 spiro atoms. The van der Waals surface area contributed by atoms with Crippen molar-refractivity contribution in [3.05, 3.63) is 29.6 Å². The number of aryl methyl sites for hydroxylation is 1. The first-order valence-corrected chi connectivity index (χ1v) is 6.37. The zero-order valence-electron chi connectivity index (χ0n) is 10.8. The van der Waals surface area contributed by atoms with Crippen molar-refractivity contribution in [2.24, 2.45) is 5.92 Å². The summed E-state index contributed by atoms with van der Waals surface area (Å²) in [5, 5.41) is 5.98. The molecule has 1 aliphatic heterocycles. The standard InChI is InChI=1S/C14H19FN2O/c1-9-4-3-5-12(15)13(9)17-14(18)11-7-6-10(2)16-8-11/h3-5,10-11,16H,6-8H2,1-2H3,(H,17,18). The minimum absolute atomic E-state index is 0.0693. The van der Waals surface area contributed by atoms with Gasteiger partial charge in [0, 0.05) is 12.6 Å². The Morgan fingerprint density at radius 3 is 2.83 bits per heavy atom. The number of piperidine rings is 1. The quantitative estimate of drug-likeness (QED) is 0.846. The van der Waals surface area contributed by atoms with Crippen LogP contribution in [-0.4, -0.2) is 18.5 Å². The topological polar surface area (TPSA) is 41.1 Å². The Hall–Kier alpha value is -1.42. The lowest BCUT2D eigenvalue weighted by Crippen LogP contribution is -2.41. The van der Waals surface area contributed by atoms with E-state index < -0.39 is 0 Å². The van der Waals surface area contributed by atoms with Gasteiger partial charge in [0.2, 0.25) is 5.91 Å². The lowest BCUT2D eigenvalue weighted by Gasteiger charge is -2.27. The van der Waals surface area contributed by atoms with Gasteiger partial charge in [0.15, 0.2) is 0 Å². The second-order valence-corrected chi connectivity index (χ2v) is 5.00. The van der Waals surface area contributed by atoms with E-state index in [9.17, 15) is 9.18 Å². The molecule has 4 heteroatoms. The second-order valence-electron chi connectivity index (χ2n) is 5.00. The van der Waals surface area contributed by atoms with Gasteiger partial charge in [-0.15, -0.1) is 0 Å². The molecule has 1 aromatic rings. The highest BCUT2D eigenvalue weighted by Crippen LogP contribution is 2.21. The van der Waals surface area contributed by atoms with Gasteiger partial charge in [-0.3, -0.25) is 4.79 Å². The lowest BCUT2D eigenvalue weighted by atomic mass is 9.94.